The van der Waals surface area contributed by atoms with Gasteiger partial charge >= 0.3 is 5.97 Å². The predicted octanol–water partition coefficient (Wildman–Crippen LogP) is 3.37. The van der Waals surface area contributed by atoms with Gasteiger partial charge in [0.2, 0.25) is 5.91 Å². The first-order chi connectivity index (χ1) is 13.2. The number of methoxy groups -OCH3 is 1. The predicted molar refractivity (Wildman–Crippen MR) is 102 cm³/mol. The SMILES string of the molecule is COC(=O)c1c(NC(=O)Cc2ccc3c(c2)OCCO3)sc2c1CCCC2. The molecule has 1 amide bonds. The van der Waals surface area contributed by atoms with Gasteiger partial charge in [0.05, 0.1) is 19.1 Å². The summed E-state index contributed by atoms with van der Waals surface area (Å²) in [5.74, 6) is 0.803. The van der Waals surface area contributed by atoms with E-state index >= 15 is 0 Å². The molecular weight excluding hydrogens is 366 g/mol. The van der Waals surface area contributed by atoms with Crippen molar-refractivity contribution in [3.63, 3.8) is 0 Å². The Labute approximate surface area is 161 Å². The van der Waals surface area contributed by atoms with Crippen LogP contribution in [0, 0.1) is 0 Å². The summed E-state index contributed by atoms with van der Waals surface area (Å²) in [7, 11) is 1.37. The Morgan fingerprint density at radius 1 is 1.15 bits per heavy atom. The van der Waals surface area contributed by atoms with E-state index in [0.29, 0.717) is 35.3 Å². The van der Waals surface area contributed by atoms with Crippen LogP contribution in [0.4, 0.5) is 5.00 Å². The molecule has 1 N–H and O–H groups in total. The molecule has 2 aliphatic rings. The van der Waals surface area contributed by atoms with Crippen LogP contribution in [0.25, 0.3) is 0 Å². The quantitative estimate of drug-likeness (QED) is 0.815. The van der Waals surface area contributed by atoms with Gasteiger partial charge in [0.25, 0.3) is 0 Å². The Morgan fingerprint density at radius 3 is 2.74 bits per heavy atom. The zero-order valence-electron chi connectivity index (χ0n) is 15.1. The standard InChI is InChI=1S/C20H21NO5S/c1-24-20(23)18-13-4-2-3-5-16(13)27-19(18)21-17(22)11-12-6-7-14-15(10-12)26-9-8-25-14/h6-7,10H,2-5,8-9,11H2,1H3,(H,21,22). The van der Waals surface area contributed by atoms with E-state index in [-0.39, 0.29) is 18.3 Å². The van der Waals surface area contributed by atoms with E-state index in [1.807, 2.05) is 18.2 Å². The van der Waals surface area contributed by atoms with Crippen molar-refractivity contribution in [1.82, 2.24) is 0 Å². The summed E-state index contributed by atoms with van der Waals surface area (Å²) >= 11 is 1.49. The fourth-order valence-electron chi connectivity index (χ4n) is 3.53. The molecule has 2 heterocycles. The van der Waals surface area contributed by atoms with Crippen molar-refractivity contribution >= 4 is 28.2 Å². The highest BCUT2D eigenvalue weighted by atomic mass is 32.1. The summed E-state index contributed by atoms with van der Waals surface area (Å²) in [4.78, 5) is 26.0. The van der Waals surface area contributed by atoms with Gasteiger partial charge in [-0.05, 0) is 48.9 Å². The van der Waals surface area contributed by atoms with Crippen molar-refractivity contribution in [2.45, 2.75) is 32.1 Å². The van der Waals surface area contributed by atoms with Crippen LogP contribution < -0.4 is 14.8 Å². The maximum Gasteiger partial charge on any atom is 0.341 e. The maximum absolute atomic E-state index is 12.6. The Hall–Kier alpha value is -2.54. The number of fused-ring (bicyclic) bond motifs is 2. The van der Waals surface area contributed by atoms with Gasteiger partial charge < -0.3 is 19.5 Å². The van der Waals surface area contributed by atoms with Gasteiger partial charge in [-0.15, -0.1) is 11.3 Å². The molecule has 0 atom stereocenters. The fraction of sp³-hybridized carbons (Fsp3) is 0.400. The molecule has 0 bridgehead atoms. The molecule has 0 saturated heterocycles. The van der Waals surface area contributed by atoms with Crippen molar-refractivity contribution in [1.29, 1.82) is 0 Å². The van der Waals surface area contributed by atoms with Gasteiger partial charge in [0.15, 0.2) is 11.5 Å². The molecule has 2 aromatic rings. The Kier molecular flexibility index (Phi) is 5.03. The van der Waals surface area contributed by atoms with Crippen LogP contribution in [0.15, 0.2) is 18.2 Å². The molecule has 1 aromatic carbocycles. The number of rotatable bonds is 4. The van der Waals surface area contributed by atoms with Gasteiger partial charge in [-0.2, -0.15) is 0 Å². The number of thiophene rings is 1. The number of esters is 1. The number of carbonyl (C=O) groups excluding carboxylic acids is 2. The summed E-state index contributed by atoms with van der Waals surface area (Å²) in [5.41, 5.74) is 2.39. The number of nitrogens with one attached hydrogen (secondary N) is 1. The zero-order valence-corrected chi connectivity index (χ0v) is 15.9. The van der Waals surface area contributed by atoms with E-state index in [1.165, 1.54) is 23.3 Å². The van der Waals surface area contributed by atoms with E-state index in [0.717, 1.165) is 36.8 Å². The molecule has 0 radical (unpaired) electrons. The van der Waals surface area contributed by atoms with Crippen LogP contribution in [-0.4, -0.2) is 32.2 Å². The minimum absolute atomic E-state index is 0.171. The van der Waals surface area contributed by atoms with Crippen LogP contribution in [0.5, 0.6) is 11.5 Å². The number of carbonyl (C=O) groups is 2. The van der Waals surface area contributed by atoms with Crippen molar-refractivity contribution in [2.75, 3.05) is 25.6 Å². The summed E-state index contributed by atoms with van der Waals surface area (Å²) < 4.78 is 16.0. The third kappa shape index (κ3) is 3.64. The van der Waals surface area contributed by atoms with Gasteiger partial charge in [-0.1, -0.05) is 6.07 Å². The lowest BCUT2D eigenvalue weighted by molar-refractivity contribution is -0.115. The Bertz CT molecular complexity index is 889. The smallest absolute Gasteiger partial charge is 0.341 e. The van der Waals surface area contributed by atoms with Crippen LogP contribution in [-0.2, 0) is 28.8 Å². The molecular formula is C20H21NO5S. The van der Waals surface area contributed by atoms with Crippen molar-refractivity contribution in [2.24, 2.45) is 0 Å². The molecule has 0 fully saturated rings. The number of hydrogen-bond acceptors (Lipinski definition) is 6. The minimum Gasteiger partial charge on any atom is -0.486 e. The van der Waals surface area contributed by atoms with Gasteiger partial charge in [-0.25, -0.2) is 4.79 Å². The van der Waals surface area contributed by atoms with Crippen LogP contribution in [0.3, 0.4) is 0 Å². The Morgan fingerprint density at radius 2 is 1.93 bits per heavy atom. The molecule has 0 spiro atoms. The number of hydrogen-bond donors (Lipinski definition) is 1. The highest BCUT2D eigenvalue weighted by Gasteiger charge is 2.27. The first-order valence-corrected chi connectivity index (χ1v) is 9.88. The summed E-state index contributed by atoms with van der Waals surface area (Å²) in [6, 6.07) is 5.50. The monoisotopic (exact) mass is 387 g/mol. The Balaban J connectivity index is 1.53. The zero-order chi connectivity index (χ0) is 18.8. The van der Waals surface area contributed by atoms with E-state index in [1.54, 1.807) is 0 Å². The molecule has 1 aliphatic heterocycles. The number of aryl methyl sites for hydroxylation is 1. The van der Waals surface area contributed by atoms with E-state index in [4.69, 9.17) is 14.2 Å². The molecule has 0 unspecified atom stereocenters. The van der Waals surface area contributed by atoms with E-state index in [9.17, 15) is 9.59 Å². The lowest BCUT2D eigenvalue weighted by Crippen LogP contribution is -2.18. The molecule has 27 heavy (non-hydrogen) atoms. The topological polar surface area (TPSA) is 73.9 Å². The van der Waals surface area contributed by atoms with Crippen molar-refractivity contribution < 1.29 is 23.8 Å². The first kappa shape index (κ1) is 17.9. The van der Waals surface area contributed by atoms with Gasteiger partial charge in [0.1, 0.15) is 18.2 Å². The molecule has 7 heteroatoms. The number of benzene rings is 1. The summed E-state index contributed by atoms with van der Waals surface area (Å²) in [6.07, 6.45) is 4.16. The average Bonchev–Trinajstić information content (AvgIpc) is 3.04. The first-order valence-electron chi connectivity index (χ1n) is 9.07. The van der Waals surface area contributed by atoms with Crippen LogP contribution in [0.1, 0.15) is 39.2 Å². The molecule has 6 nitrogen and oxygen atoms in total. The third-order valence-corrected chi connectivity index (χ3v) is 5.99. The van der Waals surface area contributed by atoms with E-state index < -0.39 is 0 Å². The summed E-state index contributed by atoms with van der Waals surface area (Å²) in [5, 5.41) is 3.51. The normalized spacial score (nSPS) is 15.0. The second-order valence-corrected chi connectivity index (χ2v) is 7.71. The number of amides is 1. The molecule has 142 valence electrons. The maximum atomic E-state index is 12.6. The summed E-state index contributed by atoms with van der Waals surface area (Å²) in [6.45, 7) is 1.04. The largest absolute Gasteiger partial charge is 0.486 e. The third-order valence-electron chi connectivity index (χ3n) is 4.79. The van der Waals surface area contributed by atoms with Crippen molar-refractivity contribution in [3.05, 3.63) is 39.8 Å². The van der Waals surface area contributed by atoms with E-state index in [2.05, 4.69) is 5.32 Å². The fourth-order valence-corrected chi connectivity index (χ4v) is 4.82. The highest BCUT2D eigenvalue weighted by Crippen LogP contribution is 2.38. The lowest BCUT2D eigenvalue weighted by Gasteiger charge is -2.18. The minimum atomic E-state index is -0.385. The molecule has 0 saturated carbocycles. The highest BCUT2D eigenvalue weighted by molar-refractivity contribution is 7.17. The number of ether oxygens (including phenoxy) is 3. The van der Waals surface area contributed by atoms with Crippen LogP contribution in [0.2, 0.25) is 0 Å². The molecule has 1 aliphatic carbocycles. The second kappa shape index (κ2) is 7.60. The average molecular weight is 387 g/mol. The van der Waals surface area contributed by atoms with Gasteiger partial charge in [-0.3, -0.25) is 4.79 Å². The second-order valence-electron chi connectivity index (χ2n) is 6.61. The number of anilines is 1. The lowest BCUT2D eigenvalue weighted by atomic mass is 9.95. The van der Waals surface area contributed by atoms with Crippen LogP contribution >= 0.6 is 11.3 Å². The van der Waals surface area contributed by atoms with Crippen molar-refractivity contribution in [3.8, 4) is 11.5 Å². The van der Waals surface area contributed by atoms with Gasteiger partial charge in [0, 0.05) is 4.88 Å². The molecule has 4 rings (SSSR count). The molecule has 1 aromatic heterocycles.